The predicted molar refractivity (Wildman–Crippen MR) is 112 cm³/mol. The molecule has 8 heteroatoms. The molecule has 0 fully saturated rings. The molecule has 5 rings (SSSR count). The highest BCUT2D eigenvalue weighted by Gasteiger charge is 2.29. The number of ketones is 1. The van der Waals surface area contributed by atoms with E-state index in [1.165, 1.54) is 42.5 Å². The van der Waals surface area contributed by atoms with Gasteiger partial charge >= 0.3 is 5.97 Å². The first-order valence-electron chi connectivity index (χ1n) is 9.57. The van der Waals surface area contributed by atoms with Crippen molar-refractivity contribution in [1.29, 1.82) is 0 Å². The minimum atomic E-state index is -0.657. The minimum Gasteiger partial charge on any atom is -0.467 e. The van der Waals surface area contributed by atoms with E-state index in [1.807, 2.05) is 0 Å². The van der Waals surface area contributed by atoms with Crippen LogP contribution in [0.3, 0.4) is 0 Å². The van der Waals surface area contributed by atoms with Gasteiger partial charge in [0.1, 0.15) is 23.1 Å². The number of ether oxygens (including phenoxy) is 4. The minimum absolute atomic E-state index is 0.0848. The third-order valence-electron chi connectivity index (χ3n) is 4.92. The Morgan fingerprint density at radius 2 is 1.91 bits per heavy atom. The second-order valence-corrected chi connectivity index (χ2v) is 7.52. The third kappa shape index (κ3) is 3.84. The molecular weight excluding hydrogens is 439 g/mol. The SMILES string of the molecule is O=C(Oc1ccc2c(c1)OC(=Cc1cc(Cl)cc3c1OCOC3)C2=O)c1ccc(F)cc1. The van der Waals surface area contributed by atoms with E-state index in [-0.39, 0.29) is 35.4 Å². The van der Waals surface area contributed by atoms with Crippen LogP contribution in [0.4, 0.5) is 4.39 Å². The first-order valence-corrected chi connectivity index (χ1v) is 9.95. The van der Waals surface area contributed by atoms with Gasteiger partial charge in [-0.2, -0.15) is 0 Å². The van der Waals surface area contributed by atoms with Gasteiger partial charge in [0.05, 0.1) is 17.7 Å². The molecule has 0 saturated carbocycles. The van der Waals surface area contributed by atoms with E-state index < -0.39 is 11.8 Å². The molecule has 2 aliphatic heterocycles. The fourth-order valence-corrected chi connectivity index (χ4v) is 3.69. The summed E-state index contributed by atoms with van der Waals surface area (Å²) in [7, 11) is 0. The molecule has 0 aliphatic carbocycles. The van der Waals surface area contributed by atoms with Crippen LogP contribution >= 0.6 is 11.6 Å². The molecule has 0 atom stereocenters. The van der Waals surface area contributed by atoms with E-state index in [0.29, 0.717) is 28.5 Å². The summed E-state index contributed by atoms with van der Waals surface area (Å²) in [5.41, 5.74) is 1.89. The molecule has 0 amide bonds. The molecular formula is C24H14ClFO6. The van der Waals surface area contributed by atoms with Gasteiger partial charge in [-0.1, -0.05) is 11.6 Å². The van der Waals surface area contributed by atoms with Crippen molar-refractivity contribution in [3.8, 4) is 17.2 Å². The average Bonchev–Trinajstić information content (AvgIpc) is 3.08. The quantitative estimate of drug-likeness (QED) is 0.310. The Bertz CT molecular complexity index is 1280. The van der Waals surface area contributed by atoms with Gasteiger partial charge < -0.3 is 18.9 Å². The van der Waals surface area contributed by atoms with Gasteiger partial charge in [0, 0.05) is 22.2 Å². The zero-order valence-corrected chi connectivity index (χ0v) is 17.1. The number of hydrogen-bond donors (Lipinski definition) is 0. The van der Waals surface area contributed by atoms with Crippen LogP contribution in [-0.2, 0) is 11.3 Å². The fourth-order valence-electron chi connectivity index (χ4n) is 3.44. The zero-order valence-electron chi connectivity index (χ0n) is 16.4. The number of carbonyl (C=O) groups excluding carboxylic acids is 2. The van der Waals surface area contributed by atoms with Crippen molar-refractivity contribution in [2.75, 3.05) is 6.79 Å². The van der Waals surface area contributed by atoms with E-state index in [0.717, 1.165) is 5.56 Å². The highest BCUT2D eigenvalue weighted by molar-refractivity contribution is 6.31. The van der Waals surface area contributed by atoms with Crippen molar-refractivity contribution in [1.82, 2.24) is 0 Å². The molecule has 3 aromatic carbocycles. The van der Waals surface area contributed by atoms with Crippen molar-refractivity contribution in [2.24, 2.45) is 0 Å². The summed E-state index contributed by atoms with van der Waals surface area (Å²) in [6, 6.07) is 12.9. The fraction of sp³-hybridized carbons (Fsp3) is 0.0833. The number of benzene rings is 3. The molecule has 6 nitrogen and oxygen atoms in total. The Kier molecular flexibility index (Phi) is 5.13. The summed E-state index contributed by atoms with van der Waals surface area (Å²) in [4.78, 5) is 25.1. The highest BCUT2D eigenvalue weighted by Crippen LogP contribution is 2.38. The van der Waals surface area contributed by atoms with Crippen LogP contribution < -0.4 is 14.2 Å². The first-order chi connectivity index (χ1) is 15.5. The van der Waals surface area contributed by atoms with Crippen LogP contribution in [0.25, 0.3) is 6.08 Å². The van der Waals surface area contributed by atoms with Crippen LogP contribution in [0.2, 0.25) is 5.02 Å². The van der Waals surface area contributed by atoms with Crippen LogP contribution in [0.5, 0.6) is 17.2 Å². The summed E-state index contributed by atoms with van der Waals surface area (Å²) in [5, 5.41) is 0.475. The second-order valence-electron chi connectivity index (χ2n) is 7.09. The number of rotatable bonds is 3. The molecule has 0 unspecified atom stereocenters. The smallest absolute Gasteiger partial charge is 0.343 e. The Morgan fingerprint density at radius 3 is 2.72 bits per heavy atom. The number of Topliss-reactive ketones (excluding diaryl/α,β-unsaturated/α-hetero) is 1. The van der Waals surface area contributed by atoms with E-state index >= 15 is 0 Å². The maximum atomic E-state index is 13.0. The number of hydrogen-bond acceptors (Lipinski definition) is 6. The van der Waals surface area contributed by atoms with Crippen molar-refractivity contribution in [3.63, 3.8) is 0 Å². The molecule has 160 valence electrons. The number of esters is 1. The Hall–Kier alpha value is -3.68. The van der Waals surface area contributed by atoms with Crippen molar-refractivity contribution in [2.45, 2.75) is 6.61 Å². The van der Waals surface area contributed by atoms with E-state index in [9.17, 15) is 14.0 Å². The summed E-state index contributed by atoms with van der Waals surface area (Å²) >= 11 is 6.19. The standard InChI is InChI=1S/C24H14ClFO6/c25-16-7-14(23-15(8-16)11-29-12-30-23)9-21-22(27)19-6-5-18(10-20(19)32-21)31-24(28)13-1-3-17(26)4-2-13/h1-10H,11-12H2. The second kappa shape index (κ2) is 8.11. The lowest BCUT2D eigenvalue weighted by molar-refractivity contribution is -0.0165. The van der Waals surface area contributed by atoms with E-state index in [4.69, 9.17) is 30.5 Å². The monoisotopic (exact) mass is 452 g/mol. The molecule has 2 aliphatic rings. The highest BCUT2D eigenvalue weighted by atomic mass is 35.5. The lowest BCUT2D eigenvalue weighted by Gasteiger charge is -2.20. The molecule has 2 heterocycles. The molecule has 32 heavy (non-hydrogen) atoms. The van der Waals surface area contributed by atoms with Crippen molar-refractivity contribution < 1.29 is 32.9 Å². The van der Waals surface area contributed by atoms with Gasteiger partial charge in [0.25, 0.3) is 0 Å². The lowest BCUT2D eigenvalue weighted by Crippen LogP contribution is -2.12. The van der Waals surface area contributed by atoms with E-state index in [2.05, 4.69) is 0 Å². The van der Waals surface area contributed by atoms with Crippen LogP contribution in [0.15, 0.2) is 60.4 Å². The summed E-state index contributed by atoms with van der Waals surface area (Å²) in [6.07, 6.45) is 1.56. The normalized spacial score (nSPS) is 15.6. The Balaban J connectivity index is 1.40. The molecule has 0 N–H and O–H groups in total. The topological polar surface area (TPSA) is 71.1 Å². The number of halogens is 2. The number of fused-ring (bicyclic) bond motifs is 2. The summed E-state index contributed by atoms with van der Waals surface area (Å²) in [6.45, 7) is 0.451. The molecule has 0 bridgehead atoms. The zero-order chi connectivity index (χ0) is 22.2. The van der Waals surface area contributed by atoms with Crippen molar-refractivity contribution >= 4 is 29.4 Å². The van der Waals surface area contributed by atoms with Crippen LogP contribution in [0, 0.1) is 5.82 Å². The largest absolute Gasteiger partial charge is 0.467 e. The van der Waals surface area contributed by atoms with Gasteiger partial charge in [-0.3, -0.25) is 4.79 Å². The maximum absolute atomic E-state index is 13.0. The third-order valence-corrected chi connectivity index (χ3v) is 5.14. The Labute approximate surface area is 186 Å². The van der Waals surface area contributed by atoms with Gasteiger partial charge in [0.15, 0.2) is 12.6 Å². The molecule has 0 radical (unpaired) electrons. The van der Waals surface area contributed by atoms with Crippen LogP contribution in [-0.4, -0.2) is 18.5 Å². The number of carbonyl (C=O) groups is 2. The van der Waals surface area contributed by atoms with Crippen LogP contribution in [0.1, 0.15) is 31.8 Å². The van der Waals surface area contributed by atoms with Gasteiger partial charge in [-0.05, 0) is 54.6 Å². The molecule has 0 spiro atoms. The summed E-state index contributed by atoms with van der Waals surface area (Å²) in [5.74, 6) is -0.328. The first kappa shape index (κ1) is 20.2. The molecule has 3 aromatic rings. The van der Waals surface area contributed by atoms with Gasteiger partial charge in [-0.25, -0.2) is 9.18 Å². The average molecular weight is 453 g/mol. The van der Waals surface area contributed by atoms with Gasteiger partial charge in [0.2, 0.25) is 5.78 Å². The number of allylic oxidation sites excluding steroid dienone is 1. The Morgan fingerprint density at radius 1 is 1.09 bits per heavy atom. The lowest BCUT2D eigenvalue weighted by atomic mass is 10.1. The van der Waals surface area contributed by atoms with Crippen molar-refractivity contribution in [3.05, 3.63) is 93.5 Å². The summed E-state index contributed by atoms with van der Waals surface area (Å²) < 4.78 is 34.9. The van der Waals surface area contributed by atoms with E-state index in [1.54, 1.807) is 18.2 Å². The maximum Gasteiger partial charge on any atom is 0.343 e. The predicted octanol–water partition coefficient (Wildman–Crippen LogP) is 5.18. The molecule has 0 aromatic heterocycles. The molecule has 0 saturated heterocycles. The van der Waals surface area contributed by atoms with Gasteiger partial charge in [-0.15, -0.1) is 0 Å².